The van der Waals surface area contributed by atoms with Crippen LogP contribution in [0.3, 0.4) is 0 Å². The van der Waals surface area contributed by atoms with Crippen LogP contribution < -0.4 is 4.74 Å². The average Bonchev–Trinajstić information content (AvgIpc) is 2.78. The van der Waals surface area contributed by atoms with Crippen LogP contribution in [-0.2, 0) is 0 Å². The third-order valence-electron chi connectivity index (χ3n) is 2.27. The molecule has 0 fully saturated rings. The van der Waals surface area contributed by atoms with Gasteiger partial charge in [-0.1, -0.05) is 0 Å². The molecule has 0 saturated heterocycles. The molecule has 0 aliphatic carbocycles. The van der Waals surface area contributed by atoms with Gasteiger partial charge in [0.15, 0.2) is 0 Å². The molecular weight excluding hydrogens is 232 g/mol. The number of aromatic nitrogens is 2. The Labute approximate surface area is 105 Å². The fraction of sp³-hybridized carbons (Fsp3) is 0.385. The molecule has 1 aromatic carbocycles. The molecule has 1 unspecified atom stereocenters. The lowest BCUT2D eigenvalue weighted by Gasteiger charge is -2.09. The van der Waals surface area contributed by atoms with Gasteiger partial charge in [0.05, 0.1) is 6.10 Å². The molecule has 1 N–H and O–H groups in total. The fourth-order valence-corrected chi connectivity index (χ4v) is 1.47. The molecule has 0 aliphatic heterocycles. The van der Waals surface area contributed by atoms with Crippen LogP contribution in [0.4, 0.5) is 0 Å². The molecule has 0 radical (unpaired) electrons. The predicted molar refractivity (Wildman–Crippen MR) is 66.1 cm³/mol. The zero-order valence-corrected chi connectivity index (χ0v) is 10.6. The monoisotopic (exact) mass is 248 g/mol. The second-order valence-electron chi connectivity index (χ2n) is 4.31. The third kappa shape index (κ3) is 2.87. The van der Waals surface area contributed by atoms with Gasteiger partial charge in [0.25, 0.3) is 0 Å². The number of aliphatic hydroxyl groups excluding tert-OH is 1. The second-order valence-corrected chi connectivity index (χ2v) is 4.31. The van der Waals surface area contributed by atoms with Crippen molar-refractivity contribution in [3.63, 3.8) is 0 Å². The molecule has 0 spiro atoms. The standard InChI is InChI=1S/C13H16N2O3/c1-8(2)17-11-6-4-10(5-7-11)13-15-14-12(18-13)9(3)16/h4-9,16H,1-3H3. The molecule has 2 aromatic rings. The van der Waals surface area contributed by atoms with Crippen LogP contribution >= 0.6 is 0 Å². The fourth-order valence-electron chi connectivity index (χ4n) is 1.47. The van der Waals surface area contributed by atoms with Gasteiger partial charge in [-0.3, -0.25) is 0 Å². The number of benzene rings is 1. The normalized spacial score (nSPS) is 12.7. The Morgan fingerprint density at radius 1 is 1.11 bits per heavy atom. The summed E-state index contributed by atoms with van der Waals surface area (Å²) < 4.78 is 10.9. The van der Waals surface area contributed by atoms with Crippen LogP contribution in [-0.4, -0.2) is 21.4 Å². The summed E-state index contributed by atoms with van der Waals surface area (Å²) in [5.74, 6) is 1.40. The summed E-state index contributed by atoms with van der Waals surface area (Å²) >= 11 is 0. The maximum Gasteiger partial charge on any atom is 0.247 e. The van der Waals surface area contributed by atoms with Crippen molar-refractivity contribution in [3.8, 4) is 17.2 Å². The van der Waals surface area contributed by atoms with Gasteiger partial charge in [-0.2, -0.15) is 0 Å². The molecule has 0 amide bonds. The average molecular weight is 248 g/mol. The van der Waals surface area contributed by atoms with Crippen molar-refractivity contribution in [2.75, 3.05) is 0 Å². The van der Waals surface area contributed by atoms with Crippen molar-refractivity contribution >= 4 is 0 Å². The van der Waals surface area contributed by atoms with Crippen LogP contribution in [0.1, 0.15) is 32.8 Å². The van der Waals surface area contributed by atoms with E-state index >= 15 is 0 Å². The number of rotatable bonds is 4. The van der Waals surface area contributed by atoms with Gasteiger partial charge in [0.2, 0.25) is 11.8 Å². The summed E-state index contributed by atoms with van der Waals surface area (Å²) in [7, 11) is 0. The first-order valence-electron chi connectivity index (χ1n) is 5.85. The van der Waals surface area contributed by atoms with Gasteiger partial charge in [0, 0.05) is 5.56 Å². The molecule has 0 aliphatic rings. The van der Waals surface area contributed by atoms with Crippen LogP contribution in [0.15, 0.2) is 28.7 Å². The minimum absolute atomic E-state index is 0.140. The highest BCUT2D eigenvalue weighted by Crippen LogP contribution is 2.23. The molecule has 5 nitrogen and oxygen atoms in total. The first-order valence-corrected chi connectivity index (χ1v) is 5.85. The van der Waals surface area contributed by atoms with Crippen LogP contribution in [0.2, 0.25) is 0 Å². The van der Waals surface area contributed by atoms with Crippen LogP contribution in [0, 0.1) is 0 Å². The Hall–Kier alpha value is -1.88. The van der Waals surface area contributed by atoms with E-state index in [1.807, 2.05) is 38.1 Å². The lowest BCUT2D eigenvalue weighted by molar-refractivity contribution is 0.163. The van der Waals surface area contributed by atoms with E-state index < -0.39 is 6.10 Å². The predicted octanol–water partition coefficient (Wildman–Crippen LogP) is 2.58. The first-order chi connectivity index (χ1) is 8.56. The van der Waals surface area contributed by atoms with E-state index in [1.54, 1.807) is 6.92 Å². The summed E-state index contributed by atoms with van der Waals surface area (Å²) in [6.45, 7) is 5.53. The van der Waals surface area contributed by atoms with Gasteiger partial charge in [-0.05, 0) is 45.0 Å². The lowest BCUT2D eigenvalue weighted by atomic mass is 10.2. The molecule has 1 atom stereocenters. The third-order valence-corrected chi connectivity index (χ3v) is 2.27. The first kappa shape index (κ1) is 12.6. The molecule has 18 heavy (non-hydrogen) atoms. The van der Waals surface area contributed by atoms with E-state index in [0.717, 1.165) is 11.3 Å². The maximum absolute atomic E-state index is 9.31. The second kappa shape index (κ2) is 5.18. The minimum Gasteiger partial charge on any atom is -0.491 e. The summed E-state index contributed by atoms with van der Waals surface area (Å²) in [5.41, 5.74) is 0.797. The summed E-state index contributed by atoms with van der Waals surface area (Å²) in [4.78, 5) is 0. The van der Waals surface area contributed by atoms with E-state index in [4.69, 9.17) is 9.15 Å². The zero-order chi connectivity index (χ0) is 13.1. The SMILES string of the molecule is CC(C)Oc1ccc(-c2nnc(C(C)O)o2)cc1. The molecule has 96 valence electrons. The lowest BCUT2D eigenvalue weighted by Crippen LogP contribution is -2.05. The number of hydrogen-bond acceptors (Lipinski definition) is 5. The van der Waals surface area contributed by atoms with E-state index in [1.165, 1.54) is 0 Å². The Bertz CT molecular complexity index is 503. The molecule has 1 heterocycles. The number of aliphatic hydroxyl groups is 1. The highest BCUT2D eigenvalue weighted by Gasteiger charge is 2.12. The van der Waals surface area contributed by atoms with Gasteiger partial charge >= 0.3 is 0 Å². The molecular formula is C13H16N2O3. The van der Waals surface area contributed by atoms with E-state index in [-0.39, 0.29) is 12.0 Å². The van der Waals surface area contributed by atoms with Crippen molar-refractivity contribution < 1.29 is 14.3 Å². The Morgan fingerprint density at radius 2 is 1.78 bits per heavy atom. The largest absolute Gasteiger partial charge is 0.491 e. The molecule has 5 heteroatoms. The summed E-state index contributed by atoms with van der Waals surface area (Å²) in [5, 5.41) is 17.0. The quantitative estimate of drug-likeness (QED) is 0.900. The zero-order valence-electron chi connectivity index (χ0n) is 10.6. The van der Waals surface area contributed by atoms with Gasteiger partial charge in [-0.25, -0.2) is 0 Å². The van der Waals surface area contributed by atoms with E-state index in [9.17, 15) is 5.11 Å². The molecule has 1 aromatic heterocycles. The number of hydrogen-bond donors (Lipinski definition) is 1. The van der Waals surface area contributed by atoms with Crippen molar-refractivity contribution in [1.29, 1.82) is 0 Å². The van der Waals surface area contributed by atoms with Crippen molar-refractivity contribution in [2.24, 2.45) is 0 Å². The number of nitrogens with zero attached hydrogens (tertiary/aromatic N) is 2. The van der Waals surface area contributed by atoms with Crippen LogP contribution in [0.5, 0.6) is 5.75 Å². The van der Waals surface area contributed by atoms with Gasteiger partial charge < -0.3 is 14.3 Å². The van der Waals surface area contributed by atoms with Crippen LogP contribution in [0.25, 0.3) is 11.5 Å². The summed E-state index contributed by atoms with van der Waals surface area (Å²) in [6, 6.07) is 7.39. The smallest absolute Gasteiger partial charge is 0.247 e. The van der Waals surface area contributed by atoms with Gasteiger partial charge in [-0.15, -0.1) is 10.2 Å². The Balaban J connectivity index is 2.17. The van der Waals surface area contributed by atoms with E-state index in [0.29, 0.717) is 5.89 Å². The van der Waals surface area contributed by atoms with Crippen molar-refractivity contribution in [1.82, 2.24) is 10.2 Å². The minimum atomic E-state index is -0.755. The molecule has 0 bridgehead atoms. The van der Waals surface area contributed by atoms with Crippen molar-refractivity contribution in [3.05, 3.63) is 30.2 Å². The Kier molecular flexibility index (Phi) is 3.62. The van der Waals surface area contributed by atoms with E-state index in [2.05, 4.69) is 10.2 Å². The summed E-state index contributed by atoms with van der Waals surface area (Å²) in [6.07, 6.45) is -0.615. The molecule has 2 rings (SSSR count). The Morgan fingerprint density at radius 3 is 2.28 bits per heavy atom. The maximum atomic E-state index is 9.31. The van der Waals surface area contributed by atoms with Gasteiger partial charge in [0.1, 0.15) is 11.9 Å². The number of ether oxygens (including phenoxy) is 1. The topological polar surface area (TPSA) is 68.4 Å². The highest BCUT2D eigenvalue weighted by molar-refractivity contribution is 5.53. The molecule has 0 saturated carbocycles. The van der Waals surface area contributed by atoms with Crippen molar-refractivity contribution in [2.45, 2.75) is 33.0 Å². The highest BCUT2D eigenvalue weighted by atomic mass is 16.5.